The minimum atomic E-state index is 0.0433. The average Bonchev–Trinajstić information content (AvgIpc) is 2.12. The normalized spacial score (nSPS) is 12.5. The Morgan fingerprint density at radius 3 is 2.79 bits per heavy atom. The van der Waals surface area contributed by atoms with E-state index < -0.39 is 0 Å². The number of hydrogen-bond donors (Lipinski definition) is 2. The van der Waals surface area contributed by atoms with Gasteiger partial charge < -0.3 is 15.8 Å². The first kappa shape index (κ1) is 13.4. The molecule has 4 nitrogen and oxygen atoms in total. The molecule has 1 unspecified atom stereocenters. The zero-order chi connectivity index (χ0) is 10.8. The molecule has 0 fully saturated rings. The Balaban J connectivity index is 3.20. The number of amides is 1. The van der Waals surface area contributed by atoms with Crippen molar-refractivity contribution in [3.8, 4) is 0 Å². The smallest absolute Gasteiger partial charge is 0.222 e. The van der Waals surface area contributed by atoms with Gasteiger partial charge in [-0.05, 0) is 19.8 Å². The molecule has 0 aromatic heterocycles. The Morgan fingerprint density at radius 1 is 1.50 bits per heavy atom. The number of hydrogen-bond acceptors (Lipinski definition) is 3. The molecule has 0 aromatic rings. The molecule has 0 aromatic carbocycles. The van der Waals surface area contributed by atoms with Crippen LogP contribution in [0.2, 0.25) is 0 Å². The zero-order valence-corrected chi connectivity index (χ0v) is 9.21. The van der Waals surface area contributed by atoms with Crippen molar-refractivity contribution in [3.05, 3.63) is 0 Å². The molecule has 0 spiro atoms. The van der Waals surface area contributed by atoms with Crippen molar-refractivity contribution in [1.29, 1.82) is 0 Å². The first-order valence-corrected chi connectivity index (χ1v) is 5.26. The topological polar surface area (TPSA) is 64.3 Å². The summed E-state index contributed by atoms with van der Waals surface area (Å²) in [6.45, 7) is 5.87. The zero-order valence-electron chi connectivity index (χ0n) is 9.21. The molecule has 0 rings (SSSR count). The number of nitrogens with two attached hydrogens (primary N) is 1. The fourth-order valence-electron chi connectivity index (χ4n) is 0.939. The maximum Gasteiger partial charge on any atom is 0.222 e. The molecular weight excluding hydrogens is 180 g/mol. The molecule has 0 heterocycles. The van der Waals surface area contributed by atoms with E-state index in [1.54, 1.807) is 0 Å². The molecule has 84 valence electrons. The van der Waals surface area contributed by atoms with Crippen LogP contribution in [0.25, 0.3) is 0 Å². The summed E-state index contributed by atoms with van der Waals surface area (Å²) >= 11 is 0. The molecule has 4 heteroatoms. The maximum atomic E-state index is 11.2. The van der Waals surface area contributed by atoms with Crippen molar-refractivity contribution in [2.75, 3.05) is 19.8 Å². The molecule has 0 saturated carbocycles. The highest BCUT2D eigenvalue weighted by Gasteiger charge is 2.00. The van der Waals surface area contributed by atoms with Gasteiger partial charge >= 0.3 is 0 Å². The summed E-state index contributed by atoms with van der Waals surface area (Å²) in [5.74, 6) is 0.0433. The Hall–Kier alpha value is -0.610. The number of rotatable bonds is 8. The molecule has 0 aliphatic rings. The summed E-state index contributed by atoms with van der Waals surface area (Å²) in [5.41, 5.74) is 5.54. The maximum absolute atomic E-state index is 11.2. The number of carbonyl (C=O) groups excluding carboxylic acids is 1. The Kier molecular flexibility index (Phi) is 8.57. The van der Waals surface area contributed by atoms with E-state index >= 15 is 0 Å². The first-order valence-electron chi connectivity index (χ1n) is 5.26. The van der Waals surface area contributed by atoms with Crippen molar-refractivity contribution >= 4 is 5.91 Å². The van der Waals surface area contributed by atoms with Crippen molar-refractivity contribution < 1.29 is 9.53 Å². The van der Waals surface area contributed by atoms with Crippen LogP contribution in [-0.4, -0.2) is 31.7 Å². The van der Waals surface area contributed by atoms with E-state index in [1.165, 1.54) is 0 Å². The van der Waals surface area contributed by atoms with E-state index in [1.807, 2.05) is 13.8 Å². The average molecular weight is 202 g/mol. The van der Waals surface area contributed by atoms with Gasteiger partial charge in [-0.15, -0.1) is 0 Å². The van der Waals surface area contributed by atoms with Gasteiger partial charge in [0.25, 0.3) is 0 Å². The lowest BCUT2D eigenvalue weighted by atomic mass is 10.2. The summed E-state index contributed by atoms with van der Waals surface area (Å²) in [6.07, 6.45) is 2.26. The van der Waals surface area contributed by atoms with Gasteiger partial charge in [-0.2, -0.15) is 0 Å². The highest BCUT2D eigenvalue weighted by atomic mass is 16.5. The molecule has 14 heavy (non-hydrogen) atoms. The second-order valence-corrected chi connectivity index (χ2v) is 3.48. The first-order chi connectivity index (χ1) is 6.66. The molecule has 0 saturated heterocycles. The van der Waals surface area contributed by atoms with Crippen molar-refractivity contribution in [3.63, 3.8) is 0 Å². The SMILES string of the molecule is CCCOCCC(=O)NCCC(C)N. The third-order valence-electron chi connectivity index (χ3n) is 1.74. The lowest BCUT2D eigenvalue weighted by Crippen LogP contribution is -2.29. The minimum Gasteiger partial charge on any atom is -0.381 e. The standard InChI is InChI=1S/C10H22N2O2/c1-3-7-14-8-5-10(13)12-6-4-9(2)11/h9H,3-8,11H2,1-2H3,(H,12,13). The Morgan fingerprint density at radius 2 is 2.21 bits per heavy atom. The predicted octanol–water partition coefficient (Wildman–Crippen LogP) is 0.657. The molecule has 0 aliphatic heterocycles. The van der Waals surface area contributed by atoms with Crippen molar-refractivity contribution in [2.45, 2.75) is 39.2 Å². The fourth-order valence-corrected chi connectivity index (χ4v) is 0.939. The Labute approximate surface area is 86.2 Å². The molecule has 1 amide bonds. The molecule has 1 atom stereocenters. The quantitative estimate of drug-likeness (QED) is 0.568. The molecule has 0 radical (unpaired) electrons. The van der Waals surface area contributed by atoms with Crippen LogP contribution in [0.5, 0.6) is 0 Å². The second-order valence-electron chi connectivity index (χ2n) is 3.48. The van der Waals surface area contributed by atoms with Gasteiger partial charge in [0, 0.05) is 25.6 Å². The van der Waals surface area contributed by atoms with Gasteiger partial charge in [0.2, 0.25) is 5.91 Å². The van der Waals surface area contributed by atoms with Gasteiger partial charge in [-0.1, -0.05) is 6.92 Å². The van der Waals surface area contributed by atoms with Crippen LogP contribution in [-0.2, 0) is 9.53 Å². The highest BCUT2D eigenvalue weighted by Crippen LogP contribution is 1.87. The van der Waals surface area contributed by atoms with E-state index in [0.29, 0.717) is 19.6 Å². The predicted molar refractivity (Wildman–Crippen MR) is 57.0 cm³/mol. The van der Waals surface area contributed by atoms with Gasteiger partial charge in [-0.25, -0.2) is 0 Å². The molecule has 0 bridgehead atoms. The van der Waals surface area contributed by atoms with E-state index in [9.17, 15) is 4.79 Å². The Bertz CT molecular complexity index is 149. The fraction of sp³-hybridized carbons (Fsp3) is 0.900. The monoisotopic (exact) mass is 202 g/mol. The molecular formula is C10H22N2O2. The van der Waals surface area contributed by atoms with Gasteiger partial charge in [0.05, 0.1) is 6.61 Å². The number of nitrogens with one attached hydrogen (secondary N) is 1. The van der Waals surface area contributed by atoms with E-state index in [2.05, 4.69) is 5.32 Å². The lowest BCUT2D eigenvalue weighted by molar-refractivity contribution is -0.122. The van der Waals surface area contributed by atoms with Crippen LogP contribution in [0.4, 0.5) is 0 Å². The molecule has 3 N–H and O–H groups in total. The van der Waals surface area contributed by atoms with Crippen LogP contribution in [0, 0.1) is 0 Å². The minimum absolute atomic E-state index is 0.0433. The van der Waals surface area contributed by atoms with Crippen LogP contribution < -0.4 is 11.1 Å². The van der Waals surface area contributed by atoms with Crippen molar-refractivity contribution in [2.24, 2.45) is 5.73 Å². The second kappa shape index (κ2) is 8.97. The summed E-state index contributed by atoms with van der Waals surface area (Å²) < 4.78 is 5.20. The van der Waals surface area contributed by atoms with Gasteiger partial charge in [0.15, 0.2) is 0 Å². The third kappa shape index (κ3) is 9.48. The number of carbonyl (C=O) groups is 1. The van der Waals surface area contributed by atoms with Crippen LogP contribution in [0.3, 0.4) is 0 Å². The third-order valence-corrected chi connectivity index (χ3v) is 1.74. The van der Waals surface area contributed by atoms with Gasteiger partial charge in [-0.3, -0.25) is 4.79 Å². The van der Waals surface area contributed by atoms with E-state index in [-0.39, 0.29) is 11.9 Å². The summed E-state index contributed by atoms with van der Waals surface area (Å²) in [4.78, 5) is 11.2. The van der Waals surface area contributed by atoms with Crippen LogP contribution in [0.15, 0.2) is 0 Å². The largest absolute Gasteiger partial charge is 0.381 e. The summed E-state index contributed by atoms with van der Waals surface area (Å²) in [6, 6.07) is 0.145. The number of ether oxygens (including phenoxy) is 1. The van der Waals surface area contributed by atoms with Crippen LogP contribution >= 0.6 is 0 Å². The summed E-state index contributed by atoms with van der Waals surface area (Å²) in [7, 11) is 0. The van der Waals surface area contributed by atoms with Crippen LogP contribution in [0.1, 0.15) is 33.1 Å². The van der Waals surface area contributed by atoms with Gasteiger partial charge in [0.1, 0.15) is 0 Å². The lowest BCUT2D eigenvalue weighted by Gasteiger charge is -2.07. The summed E-state index contributed by atoms with van der Waals surface area (Å²) in [5, 5.41) is 2.79. The van der Waals surface area contributed by atoms with Crippen molar-refractivity contribution in [1.82, 2.24) is 5.32 Å². The van der Waals surface area contributed by atoms with E-state index in [4.69, 9.17) is 10.5 Å². The highest BCUT2D eigenvalue weighted by molar-refractivity contribution is 5.75. The molecule has 0 aliphatic carbocycles. The van der Waals surface area contributed by atoms with E-state index in [0.717, 1.165) is 19.4 Å².